The Morgan fingerprint density at radius 1 is 1.19 bits per heavy atom. The molecular formula is C24H22ClF3N4O3S. The van der Waals surface area contributed by atoms with Gasteiger partial charge in [-0.3, -0.25) is 19.2 Å². The van der Waals surface area contributed by atoms with Crippen LogP contribution in [0.15, 0.2) is 47.5 Å². The predicted octanol–water partition coefficient (Wildman–Crippen LogP) is 4.72. The van der Waals surface area contributed by atoms with E-state index < -0.39 is 29.0 Å². The minimum Gasteiger partial charge on any atom is -0.390 e. The molecule has 1 saturated heterocycles. The molecule has 0 radical (unpaired) electrons. The zero-order chi connectivity index (χ0) is 26.2. The van der Waals surface area contributed by atoms with Gasteiger partial charge in [0.2, 0.25) is 0 Å². The van der Waals surface area contributed by atoms with Crippen LogP contribution in [-0.2, 0) is 17.5 Å². The van der Waals surface area contributed by atoms with E-state index in [9.17, 15) is 27.9 Å². The molecule has 7 nitrogen and oxygen atoms in total. The van der Waals surface area contributed by atoms with Gasteiger partial charge in [0.1, 0.15) is 0 Å². The molecule has 3 aromatic rings. The predicted molar refractivity (Wildman–Crippen MR) is 133 cm³/mol. The number of imide groups is 1. The Bertz CT molecular complexity index is 1360. The summed E-state index contributed by atoms with van der Waals surface area (Å²) in [6.45, 7) is 0.0988. The van der Waals surface area contributed by atoms with Crippen LogP contribution in [0.4, 0.5) is 18.0 Å². The Morgan fingerprint density at radius 2 is 1.94 bits per heavy atom. The van der Waals surface area contributed by atoms with Crippen molar-refractivity contribution >= 4 is 51.5 Å². The van der Waals surface area contributed by atoms with Gasteiger partial charge in [0.15, 0.2) is 0 Å². The summed E-state index contributed by atoms with van der Waals surface area (Å²) in [7, 11) is 3.56. The van der Waals surface area contributed by atoms with Crippen molar-refractivity contribution in [1.29, 1.82) is 0 Å². The highest BCUT2D eigenvalue weighted by atomic mass is 35.5. The summed E-state index contributed by atoms with van der Waals surface area (Å²) < 4.78 is 41.8. The summed E-state index contributed by atoms with van der Waals surface area (Å²) >= 11 is 6.56. The number of likely N-dealkylation sites (N-methyl/N-ethyl adjacent to an activating group) is 1. The van der Waals surface area contributed by atoms with E-state index in [1.807, 2.05) is 0 Å². The number of aliphatic hydroxyl groups excluding tert-OH is 1. The molecule has 1 aromatic heterocycles. The van der Waals surface area contributed by atoms with Gasteiger partial charge in [0.25, 0.3) is 11.1 Å². The molecule has 2 aromatic carbocycles. The number of thioether (sulfide) groups is 1. The fraction of sp³-hybridized carbons (Fsp3) is 0.292. The van der Waals surface area contributed by atoms with Crippen LogP contribution >= 0.6 is 23.4 Å². The number of benzene rings is 2. The van der Waals surface area contributed by atoms with Crippen molar-refractivity contribution < 1.29 is 27.9 Å². The highest BCUT2D eigenvalue weighted by molar-refractivity contribution is 8.18. The van der Waals surface area contributed by atoms with Crippen molar-refractivity contribution in [3.63, 3.8) is 0 Å². The van der Waals surface area contributed by atoms with Gasteiger partial charge in [-0.15, -0.1) is 0 Å². The third kappa shape index (κ3) is 5.75. The Labute approximate surface area is 214 Å². The van der Waals surface area contributed by atoms with E-state index in [1.54, 1.807) is 43.3 Å². The molecule has 1 aliphatic heterocycles. The number of alkyl halides is 3. The van der Waals surface area contributed by atoms with E-state index >= 15 is 0 Å². The number of nitrogens with zero attached hydrogens (tertiary/aromatic N) is 4. The van der Waals surface area contributed by atoms with Crippen molar-refractivity contribution in [1.82, 2.24) is 19.6 Å². The molecule has 0 aliphatic carbocycles. The zero-order valence-electron chi connectivity index (χ0n) is 19.3. The molecule has 12 heteroatoms. The van der Waals surface area contributed by atoms with E-state index in [-0.39, 0.29) is 28.6 Å². The Balaban J connectivity index is 1.55. The average Bonchev–Trinajstić information content (AvgIpc) is 3.29. The SMILES string of the molecule is CN(C)C[C@@H](O)CN1C(=O)SC(=Cc2ccc3c(cnn3Cc3ccc(Cl)cc3C(F)(F)F)c2)C1=O. The minimum atomic E-state index is -4.55. The highest BCUT2D eigenvalue weighted by Crippen LogP contribution is 2.35. The van der Waals surface area contributed by atoms with Gasteiger partial charge >= 0.3 is 6.18 Å². The van der Waals surface area contributed by atoms with Crippen LogP contribution in [0.3, 0.4) is 0 Å². The number of aliphatic hydroxyl groups is 1. The van der Waals surface area contributed by atoms with Crippen LogP contribution in [0, 0.1) is 0 Å². The van der Waals surface area contributed by atoms with E-state index in [0.29, 0.717) is 23.0 Å². The van der Waals surface area contributed by atoms with E-state index in [2.05, 4.69) is 5.10 Å². The fourth-order valence-electron chi connectivity index (χ4n) is 3.93. The number of carbonyl (C=O) groups excluding carboxylic acids is 2. The summed E-state index contributed by atoms with van der Waals surface area (Å²) in [5, 5.41) is 14.5. The molecule has 36 heavy (non-hydrogen) atoms. The molecule has 0 bridgehead atoms. The standard InChI is InChI=1S/C24H22ClF3N4O3S/c1-30(2)12-18(33)13-31-22(34)21(36-23(31)35)8-14-3-6-20-16(7-14)10-29-32(20)11-15-4-5-17(25)9-19(15)24(26,27)28/h3-10,18,33H,11-13H2,1-2H3/t18-/m1/s1. The largest absolute Gasteiger partial charge is 0.416 e. The van der Waals surface area contributed by atoms with Gasteiger partial charge in [-0.1, -0.05) is 23.7 Å². The van der Waals surface area contributed by atoms with E-state index in [4.69, 9.17) is 11.6 Å². The second kappa shape index (κ2) is 10.3. The Morgan fingerprint density at radius 3 is 2.64 bits per heavy atom. The van der Waals surface area contributed by atoms with Crippen LogP contribution in [0.1, 0.15) is 16.7 Å². The number of aromatic nitrogens is 2. The lowest BCUT2D eigenvalue weighted by atomic mass is 10.1. The quantitative estimate of drug-likeness (QED) is 0.439. The monoisotopic (exact) mass is 538 g/mol. The van der Waals surface area contributed by atoms with Crippen LogP contribution in [0.2, 0.25) is 5.02 Å². The third-order valence-electron chi connectivity index (χ3n) is 5.50. The van der Waals surface area contributed by atoms with Gasteiger partial charge in [0.05, 0.1) is 41.4 Å². The number of fused-ring (bicyclic) bond motifs is 1. The van der Waals surface area contributed by atoms with Crippen LogP contribution in [0.25, 0.3) is 17.0 Å². The van der Waals surface area contributed by atoms with Crippen molar-refractivity contribution in [3.8, 4) is 0 Å². The highest BCUT2D eigenvalue weighted by Gasteiger charge is 2.36. The number of hydrogen-bond donors (Lipinski definition) is 1. The van der Waals surface area contributed by atoms with Crippen molar-refractivity contribution in [2.75, 3.05) is 27.2 Å². The molecule has 0 saturated carbocycles. The van der Waals surface area contributed by atoms with E-state index in [0.717, 1.165) is 22.7 Å². The molecule has 1 aliphatic rings. The summed E-state index contributed by atoms with van der Waals surface area (Å²) in [4.78, 5) is 28.0. The van der Waals surface area contributed by atoms with Gasteiger partial charge in [0, 0.05) is 17.0 Å². The molecule has 0 unspecified atom stereocenters. The minimum absolute atomic E-state index is 0.00216. The van der Waals surface area contributed by atoms with Gasteiger partial charge in [-0.2, -0.15) is 18.3 Å². The van der Waals surface area contributed by atoms with Crippen molar-refractivity contribution in [3.05, 3.63) is 69.2 Å². The second-order valence-corrected chi connectivity index (χ2v) is 10.1. The number of amides is 2. The van der Waals surface area contributed by atoms with Crippen LogP contribution < -0.4 is 0 Å². The molecule has 2 heterocycles. The maximum atomic E-state index is 13.5. The van der Waals surface area contributed by atoms with Crippen molar-refractivity contribution in [2.24, 2.45) is 0 Å². The fourth-order valence-corrected chi connectivity index (χ4v) is 4.95. The van der Waals surface area contributed by atoms with Gasteiger partial charge in [-0.25, -0.2) is 0 Å². The number of β-amino-alcohol motifs (C(OH)–C–C–N with tert-alkyl or cyclic N) is 1. The van der Waals surface area contributed by atoms with Crippen LogP contribution in [0.5, 0.6) is 0 Å². The molecule has 4 rings (SSSR count). The molecule has 190 valence electrons. The van der Waals surface area contributed by atoms with Gasteiger partial charge < -0.3 is 10.0 Å². The molecule has 1 atom stereocenters. The normalized spacial score (nSPS) is 16.7. The first kappa shape index (κ1) is 26.2. The maximum absolute atomic E-state index is 13.5. The Kier molecular flexibility index (Phi) is 7.46. The first-order valence-electron chi connectivity index (χ1n) is 10.8. The smallest absolute Gasteiger partial charge is 0.390 e. The summed E-state index contributed by atoms with van der Waals surface area (Å²) in [6.07, 6.45) is -2.32. The first-order valence-corrected chi connectivity index (χ1v) is 12.0. The van der Waals surface area contributed by atoms with E-state index in [1.165, 1.54) is 23.0 Å². The van der Waals surface area contributed by atoms with Crippen molar-refractivity contribution in [2.45, 2.75) is 18.8 Å². The van der Waals surface area contributed by atoms with Gasteiger partial charge in [-0.05, 0) is 67.3 Å². The lowest BCUT2D eigenvalue weighted by Crippen LogP contribution is -2.40. The average molecular weight is 539 g/mol. The second-order valence-electron chi connectivity index (χ2n) is 8.63. The molecule has 0 spiro atoms. The summed E-state index contributed by atoms with van der Waals surface area (Å²) in [6, 6.07) is 8.76. The lowest BCUT2D eigenvalue weighted by molar-refractivity contribution is -0.138. The third-order valence-corrected chi connectivity index (χ3v) is 6.65. The molecule has 1 N–H and O–H groups in total. The topological polar surface area (TPSA) is 78.7 Å². The Hall–Kier alpha value is -2.86. The van der Waals surface area contributed by atoms with Crippen LogP contribution in [-0.4, -0.2) is 69.1 Å². The number of halogens is 4. The lowest BCUT2D eigenvalue weighted by Gasteiger charge is -2.20. The number of carbonyl (C=O) groups is 2. The summed E-state index contributed by atoms with van der Waals surface area (Å²) in [5.74, 6) is -0.485. The molecular weight excluding hydrogens is 517 g/mol. The molecule has 1 fully saturated rings. The molecule has 2 amide bonds. The first-order chi connectivity index (χ1) is 16.9. The zero-order valence-corrected chi connectivity index (χ0v) is 20.9. The maximum Gasteiger partial charge on any atom is 0.416 e. The summed E-state index contributed by atoms with van der Waals surface area (Å²) in [5.41, 5.74) is 0.451. The number of hydrogen-bond acceptors (Lipinski definition) is 6. The number of rotatable bonds is 7.